The summed E-state index contributed by atoms with van der Waals surface area (Å²) in [5.74, 6) is 0.553. The van der Waals surface area contributed by atoms with Crippen molar-refractivity contribution in [2.24, 2.45) is 0 Å². The standard InChI is InChI=1S/C21H22ClN3O2/c1-15-5-3-6-16(11-15)14-25-10-4-7-18(25)13-23-21(26)24-19-12-17(22)8-9-20(19)27-2/h3-12H,13-14H2,1-2H3,(H2,23,24,26). The lowest BCUT2D eigenvalue weighted by molar-refractivity contribution is 0.251. The molecule has 0 aliphatic carbocycles. The maximum absolute atomic E-state index is 12.3. The van der Waals surface area contributed by atoms with Gasteiger partial charge in [0.1, 0.15) is 5.75 Å². The van der Waals surface area contributed by atoms with Crippen molar-refractivity contribution in [3.63, 3.8) is 0 Å². The number of nitrogens with zero attached hydrogens (tertiary/aromatic N) is 1. The Morgan fingerprint density at radius 1 is 1.15 bits per heavy atom. The zero-order valence-electron chi connectivity index (χ0n) is 15.3. The molecule has 140 valence electrons. The molecule has 2 aromatic carbocycles. The summed E-state index contributed by atoms with van der Waals surface area (Å²) in [6.45, 7) is 3.25. The quantitative estimate of drug-likeness (QED) is 0.640. The fourth-order valence-corrected chi connectivity index (χ4v) is 3.06. The summed E-state index contributed by atoms with van der Waals surface area (Å²) in [7, 11) is 1.55. The molecule has 0 saturated carbocycles. The Hall–Kier alpha value is -2.92. The van der Waals surface area contributed by atoms with Gasteiger partial charge in [-0.3, -0.25) is 0 Å². The van der Waals surface area contributed by atoms with E-state index >= 15 is 0 Å². The summed E-state index contributed by atoms with van der Waals surface area (Å²) in [4.78, 5) is 12.3. The molecule has 3 aromatic rings. The monoisotopic (exact) mass is 383 g/mol. The molecule has 5 nitrogen and oxygen atoms in total. The number of nitrogens with one attached hydrogen (secondary N) is 2. The van der Waals surface area contributed by atoms with E-state index in [0.717, 1.165) is 12.2 Å². The molecule has 2 amide bonds. The van der Waals surface area contributed by atoms with E-state index < -0.39 is 0 Å². The minimum absolute atomic E-state index is 0.320. The molecule has 0 atom stereocenters. The van der Waals surface area contributed by atoms with E-state index in [4.69, 9.17) is 16.3 Å². The van der Waals surface area contributed by atoms with E-state index in [1.807, 2.05) is 18.3 Å². The third-order valence-electron chi connectivity index (χ3n) is 4.20. The molecule has 0 bridgehead atoms. The molecule has 0 aliphatic heterocycles. The van der Waals surface area contributed by atoms with Crippen LogP contribution in [0.4, 0.5) is 10.5 Å². The number of aryl methyl sites for hydroxylation is 1. The molecule has 0 saturated heterocycles. The first-order valence-corrected chi connectivity index (χ1v) is 9.01. The third kappa shape index (κ3) is 5.05. The van der Waals surface area contributed by atoms with Gasteiger partial charge in [-0.25, -0.2) is 4.79 Å². The molecule has 3 rings (SSSR count). The third-order valence-corrected chi connectivity index (χ3v) is 4.43. The summed E-state index contributed by atoms with van der Waals surface area (Å²) in [5.41, 5.74) is 4.00. The molecule has 0 radical (unpaired) electrons. The van der Waals surface area contributed by atoms with Gasteiger partial charge < -0.3 is 19.9 Å². The highest BCUT2D eigenvalue weighted by Gasteiger charge is 2.09. The van der Waals surface area contributed by atoms with Crippen molar-refractivity contribution in [1.29, 1.82) is 0 Å². The summed E-state index contributed by atoms with van der Waals surface area (Å²) >= 11 is 5.99. The largest absolute Gasteiger partial charge is 0.495 e. The van der Waals surface area contributed by atoms with Crippen LogP contribution >= 0.6 is 11.6 Å². The number of carbonyl (C=O) groups is 1. The van der Waals surface area contributed by atoms with Crippen LogP contribution in [-0.4, -0.2) is 17.7 Å². The van der Waals surface area contributed by atoms with Crippen LogP contribution in [0.1, 0.15) is 16.8 Å². The number of methoxy groups -OCH3 is 1. The second-order valence-electron chi connectivity index (χ2n) is 6.27. The highest BCUT2D eigenvalue weighted by atomic mass is 35.5. The maximum atomic E-state index is 12.3. The first kappa shape index (κ1) is 18.9. The smallest absolute Gasteiger partial charge is 0.319 e. The van der Waals surface area contributed by atoms with E-state index in [1.165, 1.54) is 11.1 Å². The fraction of sp³-hybridized carbons (Fsp3) is 0.190. The van der Waals surface area contributed by atoms with Gasteiger partial charge in [0.2, 0.25) is 0 Å². The van der Waals surface area contributed by atoms with E-state index in [1.54, 1.807) is 25.3 Å². The van der Waals surface area contributed by atoms with Crippen LogP contribution in [0.15, 0.2) is 60.8 Å². The molecule has 0 spiro atoms. The predicted molar refractivity (Wildman–Crippen MR) is 109 cm³/mol. The highest BCUT2D eigenvalue weighted by Crippen LogP contribution is 2.27. The van der Waals surface area contributed by atoms with Crippen molar-refractivity contribution in [1.82, 2.24) is 9.88 Å². The maximum Gasteiger partial charge on any atom is 0.319 e. The summed E-state index contributed by atoms with van der Waals surface area (Å²) in [5, 5.41) is 6.17. The van der Waals surface area contributed by atoms with Crippen molar-refractivity contribution >= 4 is 23.3 Å². The van der Waals surface area contributed by atoms with Gasteiger partial charge in [0.15, 0.2) is 0 Å². The van der Waals surface area contributed by atoms with Crippen molar-refractivity contribution < 1.29 is 9.53 Å². The zero-order valence-corrected chi connectivity index (χ0v) is 16.1. The van der Waals surface area contributed by atoms with E-state index in [9.17, 15) is 4.79 Å². The van der Waals surface area contributed by atoms with Crippen LogP contribution in [0.3, 0.4) is 0 Å². The number of hydrogen-bond acceptors (Lipinski definition) is 2. The molecule has 27 heavy (non-hydrogen) atoms. The number of amides is 2. The molecule has 6 heteroatoms. The summed E-state index contributed by atoms with van der Waals surface area (Å²) in [6.07, 6.45) is 2.01. The Balaban J connectivity index is 1.62. The van der Waals surface area contributed by atoms with Crippen molar-refractivity contribution in [3.8, 4) is 5.75 Å². The lowest BCUT2D eigenvalue weighted by Gasteiger charge is -2.13. The number of carbonyl (C=O) groups excluding carboxylic acids is 1. The average Bonchev–Trinajstić information content (AvgIpc) is 3.07. The first-order valence-electron chi connectivity index (χ1n) is 8.63. The fourth-order valence-electron chi connectivity index (χ4n) is 2.89. The predicted octanol–water partition coefficient (Wildman–Crippen LogP) is 4.83. The summed E-state index contributed by atoms with van der Waals surface area (Å²) in [6, 6.07) is 17.1. The van der Waals surface area contributed by atoms with Gasteiger partial charge in [-0.15, -0.1) is 0 Å². The lowest BCUT2D eigenvalue weighted by Crippen LogP contribution is -2.29. The van der Waals surface area contributed by atoms with Crippen LogP contribution in [0.25, 0.3) is 0 Å². The molecular formula is C21H22ClN3O2. The van der Waals surface area contributed by atoms with Gasteiger partial charge in [0, 0.05) is 23.5 Å². The van der Waals surface area contributed by atoms with E-state index in [2.05, 4.69) is 46.4 Å². The van der Waals surface area contributed by atoms with Crippen LogP contribution in [0.2, 0.25) is 5.02 Å². The molecule has 1 heterocycles. The number of aromatic nitrogens is 1. The Bertz CT molecular complexity index is 937. The van der Waals surface area contributed by atoms with Crippen LogP contribution in [0, 0.1) is 6.92 Å². The Labute approximate surface area is 163 Å². The molecule has 0 fully saturated rings. The van der Waals surface area contributed by atoms with Crippen LogP contribution < -0.4 is 15.4 Å². The molecule has 0 unspecified atom stereocenters. The van der Waals surface area contributed by atoms with Crippen LogP contribution in [-0.2, 0) is 13.1 Å². The number of ether oxygens (including phenoxy) is 1. The SMILES string of the molecule is COc1ccc(Cl)cc1NC(=O)NCc1cccn1Cc1cccc(C)c1. The van der Waals surface area contributed by atoms with Gasteiger partial charge in [0.25, 0.3) is 0 Å². The Kier molecular flexibility index (Phi) is 6.04. The van der Waals surface area contributed by atoms with Crippen molar-refractivity contribution in [3.05, 3.63) is 82.6 Å². The number of urea groups is 1. The van der Waals surface area contributed by atoms with Gasteiger partial charge in [-0.05, 0) is 42.8 Å². The number of halogens is 1. The number of rotatable bonds is 6. The number of hydrogen-bond donors (Lipinski definition) is 2. The highest BCUT2D eigenvalue weighted by molar-refractivity contribution is 6.31. The molecule has 0 aliphatic rings. The minimum Gasteiger partial charge on any atom is -0.495 e. The van der Waals surface area contributed by atoms with Gasteiger partial charge in [0.05, 0.1) is 19.3 Å². The normalized spacial score (nSPS) is 10.5. The zero-order chi connectivity index (χ0) is 19.2. The average molecular weight is 384 g/mol. The Morgan fingerprint density at radius 3 is 2.78 bits per heavy atom. The van der Waals surface area contributed by atoms with Gasteiger partial charge >= 0.3 is 6.03 Å². The van der Waals surface area contributed by atoms with Crippen molar-refractivity contribution in [2.45, 2.75) is 20.0 Å². The molecule has 2 N–H and O–H groups in total. The van der Waals surface area contributed by atoms with Gasteiger partial charge in [-0.1, -0.05) is 41.4 Å². The number of benzene rings is 2. The topological polar surface area (TPSA) is 55.3 Å². The Morgan fingerprint density at radius 2 is 2.00 bits per heavy atom. The van der Waals surface area contributed by atoms with Crippen LogP contribution in [0.5, 0.6) is 5.75 Å². The lowest BCUT2D eigenvalue weighted by atomic mass is 10.1. The van der Waals surface area contributed by atoms with Gasteiger partial charge in [-0.2, -0.15) is 0 Å². The minimum atomic E-state index is -0.320. The molecule has 1 aromatic heterocycles. The summed E-state index contributed by atoms with van der Waals surface area (Å²) < 4.78 is 7.36. The second kappa shape index (κ2) is 8.64. The van der Waals surface area contributed by atoms with Crippen molar-refractivity contribution in [2.75, 3.05) is 12.4 Å². The molecular weight excluding hydrogens is 362 g/mol. The number of anilines is 1. The van der Waals surface area contributed by atoms with E-state index in [0.29, 0.717) is 23.0 Å². The van der Waals surface area contributed by atoms with E-state index in [-0.39, 0.29) is 6.03 Å². The second-order valence-corrected chi connectivity index (χ2v) is 6.71. The first-order chi connectivity index (χ1) is 13.0.